The molecule has 68 heavy (non-hydrogen) atoms. The summed E-state index contributed by atoms with van der Waals surface area (Å²) in [5.41, 5.74) is 12.9. The molecule has 1 aliphatic rings. The molecule has 0 bridgehead atoms. The zero-order valence-corrected chi connectivity index (χ0v) is 37.2. The van der Waals surface area contributed by atoms with Crippen LogP contribution in [0.25, 0.3) is 121 Å². The van der Waals surface area contributed by atoms with Crippen LogP contribution in [-0.4, -0.2) is 15.0 Å². The molecule has 0 spiro atoms. The number of benzene rings is 11. The highest BCUT2D eigenvalue weighted by molar-refractivity contribution is 6.15. The molecule has 0 radical (unpaired) electrons. The molecule has 0 saturated heterocycles. The number of furan rings is 1. The van der Waals surface area contributed by atoms with Crippen molar-refractivity contribution >= 4 is 65.0 Å². The molecule has 11 aromatic carbocycles. The van der Waals surface area contributed by atoms with Crippen LogP contribution in [0, 0.1) is 0 Å². The molecule has 1 aliphatic carbocycles. The fraction of sp³-hybridized carbons (Fsp3) is 0.0469. The van der Waals surface area contributed by atoms with Crippen molar-refractivity contribution in [3.63, 3.8) is 0 Å². The van der Waals surface area contributed by atoms with E-state index in [0.29, 0.717) is 17.5 Å². The molecule has 4 heteroatoms. The summed E-state index contributed by atoms with van der Waals surface area (Å²) in [6, 6.07) is 78.6. The van der Waals surface area contributed by atoms with Crippen LogP contribution in [0.1, 0.15) is 35.4 Å². The van der Waals surface area contributed by atoms with Gasteiger partial charge in [-0.1, -0.05) is 177 Å². The maximum Gasteiger partial charge on any atom is 0.167 e. The van der Waals surface area contributed by atoms with Gasteiger partial charge in [-0.25, -0.2) is 15.0 Å². The van der Waals surface area contributed by atoms with Crippen molar-refractivity contribution < 1.29 is 4.42 Å². The lowest BCUT2D eigenvalue weighted by Crippen LogP contribution is -2.17. The molecule has 2 heterocycles. The number of aromatic nitrogens is 3. The summed E-state index contributed by atoms with van der Waals surface area (Å²) in [6.45, 7) is 2.39. The van der Waals surface area contributed by atoms with Crippen LogP contribution in [0.2, 0.25) is 0 Å². The van der Waals surface area contributed by atoms with E-state index < -0.39 is 0 Å². The van der Waals surface area contributed by atoms with Gasteiger partial charge in [0.25, 0.3) is 0 Å². The van der Waals surface area contributed by atoms with E-state index in [0.717, 1.165) is 76.7 Å². The third-order valence-corrected chi connectivity index (χ3v) is 14.4. The maximum atomic E-state index is 7.09. The average molecular weight is 868 g/mol. The summed E-state index contributed by atoms with van der Waals surface area (Å²) in [5.74, 6) is 1.95. The van der Waals surface area contributed by atoms with Gasteiger partial charge in [-0.2, -0.15) is 0 Å². The summed E-state index contributed by atoms with van der Waals surface area (Å²) in [6.07, 6.45) is 0. The molecule has 0 N–H and O–H groups in total. The molecule has 13 aromatic rings. The van der Waals surface area contributed by atoms with Crippen LogP contribution in [0.3, 0.4) is 0 Å². The van der Waals surface area contributed by atoms with Gasteiger partial charge in [0, 0.05) is 27.8 Å². The quantitative estimate of drug-likeness (QED) is 0.162. The predicted molar refractivity (Wildman–Crippen MR) is 281 cm³/mol. The lowest BCUT2D eigenvalue weighted by molar-refractivity contribution is 0.649. The van der Waals surface area contributed by atoms with Crippen molar-refractivity contribution in [1.29, 1.82) is 0 Å². The minimum Gasteiger partial charge on any atom is -0.455 e. The molecule has 0 aliphatic heterocycles. The number of rotatable bonds is 5. The molecule has 0 amide bonds. The highest BCUT2D eigenvalue weighted by atomic mass is 16.3. The van der Waals surface area contributed by atoms with Crippen molar-refractivity contribution in [3.05, 3.63) is 235 Å². The third-order valence-electron chi connectivity index (χ3n) is 14.4. The molecule has 2 unspecified atom stereocenters. The summed E-state index contributed by atoms with van der Waals surface area (Å²) < 4.78 is 7.09. The Morgan fingerprint density at radius 1 is 0.338 bits per heavy atom. The van der Waals surface area contributed by atoms with Crippen LogP contribution in [0.4, 0.5) is 0 Å². The average Bonchev–Trinajstić information content (AvgIpc) is 3.76. The Morgan fingerprint density at radius 2 is 0.926 bits per heavy atom. The van der Waals surface area contributed by atoms with E-state index in [1.54, 1.807) is 0 Å². The van der Waals surface area contributed by atoms with Gasteiger partial charge in [-0.3, -0.25) is 0 Å². The third kappa shape index (κ3) is 6.11. The van der Waals surface area contributed by atoms with Crippen molar-refractivity contribution in [1.82, 2.24) is 15.0 Å². The van der Waals surface area contributed by atoms with E-state index in [1.807, 2.05) is 0 Å². The Balaban J connectivity index is 1.08. The smallest absolute Gasteiger partial charge is 0.167 e. The van der Waals surface area contributed by atoms with Gasteiger partial charge in [-0.05, 0) is 136 Å². The number of hydrogen-bond donors (Lipinski definition) is 0. The SMILES string of the molecule is CC1c2ccccc2-c2cc3ccccc3cc2C1c1cc(-c2nc(-c3cccc(-c4ccccc4)c3)nc(-c3cc4ccccc4c4ccccc34)n2)c2oc3cc4ccccc4cc3c2c1. The van der Waals surface area contributed by atoms with E-state index in [1.165, 1.54) is 44.0 Å². The van der Waals surface area contributed by atoms with Crippen molar-refractivity contribution in [2.45, 2.75) is 18.8 Å². The maximum absolute atomic E-state index is 7.09. The first-order valence-electron chi connectivity index (χ1n) is 23.4. The van der Waals surface area contributed by atoms with E-state index in [9.17, 15) is 0 Å². The number of nitrogens with zero attached hydrogens (tertiary/aromatic N) is 3. The van der Waals surface area contributed by atoms with Gasteiger partial charge in [0.2, 0.25) is 0 Å². The second-order valence-corrected chi connectivity index (χ2v) is 18.3. The Morgan fingerprint density at radius 3 is 1.74 bits per heavy atom. The minimum atomic E-state index is 0.0193. The van der Waals surface area contributed by atoms with Crippen molar-refractivity contribution in [2.75, 3.05) is 0 Å². The van der Waals surface area contributed by atoms with E-state index >= 15 is 0 Å². The standard InChI is InChI=1S/C64H41N3O/c1-38-48-25-11-12-27-50(48)53-31-41-18-5-6-20-43(41)33-55(53)60(38)47-35-56-54-32-42-19-7-8-21-44(42)37-59(54)68-61(56)58(36-47)64-66-62(46-24-15-23-40(30-46)39-16-3-2-4-17-39)65-63(67-64)57-34-45-22-9-10-26-49(45)51-28-13-14-29-52(51)57/h2-38,60H,1H3. The lowest BCUT2D eigenvalue weighted by Gasteiger charge is -2.34. The summed E-state index contributed by atoms with van der Waals surface area (Å²) >= 11 is 0. The van der Waals surface area contributed by atoms with Crippen LogP contribution >= 0.6 is 0 Å². The highest BCUT2D eigenvalue weighted by Crippen LogP contribution is 2.52. The summed E-state index contributed by atoms with van der Waals surface area (Å²) in [4.78, 5) is 16.5. The monoisotopic (exact) mass is 867 g/mol. The molecule has 0 fully saturated rings. The van der Waals surface area contributed by atoms with Crippen LogP contribution < -0.4 is 0 Å². The molecule has 14 rings (SSSR count). The molecule has 318 valence electrons. The zero-order chi connectivity index (χ0) is 44.9. The summed E-state index contributed by atoms with van der Waals surface area (Å²) in [5, 5.41) is 11.4. The zero-order valence-electron chi connectivity index (χ0n) is 37.2. The van der Waals surface area contributed by atoms with E-state index in [2.05, 4.69) is 225 Å². The van der Waals surface area contributed by atoms with Crippen LogP contribution in [-0.2, 0) is 0 Å². The normalized spacial score (nSPS) is 14.5. The molecule has 2 aromatic heterocycles. The van der Waals surface area contributed by atoms with Gasteiger partial charge < -0.3 is 4.42 Å². The van der Waals surface area contributed by atoms with E-state index in [-0.39, 0.29) is 11.8 Å². The fourth-order valence-corrected chi connectivity index (χ4v) is 11.2. The fourth-order valence-electron chi connectivity index (χ4n) is 11.2. The number of hydrogen-bond acceptors (Lipinski definition) is 4. The van der Waals surface area contributed by atoms with Crippen molar-refractivity contribution in [2.24, 2.45) is 0 Å². The largest absolute Gasteiger partial charge is 0.455 e. The van der Waals surface area contributed by atoms with E-state index in [4.69, 9.17) is 19.4 Å². The first-order chi connectivity index (χ1) is 33.6. The Labute approximate surface area is 392 Å². The highest BCUT2D eigenvalue weighted by Gasteiger charge is 2.34. The number of fused-ring (bicyclic) bond motifs is 11. The lowest BCUT2D eigenvalue weighted by atomic mass is 9.69. The van der Waals surface area contributed by atoms with Gasteiger partial charge >= 0.3 is 0 Å². The van der Waals surface area contributed by atoms with Crippen LogP contribution in [0.15, 0.2) is 223 Å². The molecule has 4 nitrogen and oxygen atoms in total. The Hall–Kier alpha value is -8.73. The Kier molecular flexibility index (Phi) is 8.59. The van der Waals surface area contributed by atoms with Crippen LogP contribution in [0.5, 0.6) is 0 Å². The first kappa shape index (κ1) is 38.5. The topological polar surface area (TPSA) is 51.8 Å². The first-order valence-corrected chi connectivity index (χ1v) is 23.4. The molecule has 0 saturated carbocycles. The minimum absolute atomic E-state index is 0.0193. The summed E-state index contributed by atoms with van der Waals surface area (Å²) in [7, 11) is 0. The second-order valence-electron chi connectivity index (χ2n) is 18.3. The molecular weight excluding hydrogens is 827 g/mol. The second kappa shape index (κ2) is 15.2. The van der Waals surface area contributed by atoms with Gasteiger partial charge in [0.05, 0.1) is 5.56 Å². The van der Waals surface area contributed by atoms with Gasteiger partial charge in [0.1, 0.15) is 11.2 Å². The Bertz CT molecular complexity index is 4190. The van der Waals surface area contributed by atoms with Gasteiger partial charge in [0.15, 0.2) is 17.5 Å². The molecular formula is C64H41N3O. The van der Waals surface area contributed by atoms with Crippen molar-refractivity contribution in [3.8, 4) is 56.4 Å². The van der Waals surface area contributed by atoms with Gasteiger partial charge in [-0.15, -0.1) is 0 Å². The predicted octanol–water partition coefficient (Wildman–Crippen LogP) is 17.0. The molecule has 2 atom stereocenters.